The number of carbonyl (C=O) groups excluding carboxylic acids is 1. The van der Waals surface area contributed by atoms with E-state index >= 15 is 0 Å². The Hall–Kier alpha value is -3.33. The molecule has 26 heavy (non-hydrogen) atoms. The van der Waals surface area contributed by atoms with E-state index in [0.717, 1.165) is 18.4 Å². The lowest BCUT2D eigenvalue weighted by molar-refractivity contribution is 0.105. The number of benzene rings is 1. The number of ketones is 1. The number of anilines is 1. The number of hydrogen-bond donors (Lipinski definition) is 0. The van der Waals surface area contributed by atoms with Gasteiger partial charge in [0.15, 0.2) is 5.82 Å². The Balaban J connectivity index is 1.61. The van der Waals surface area contributed by atoms with Crippen LogP contribution < -0.4 is 4.90 Å². The van der Waals surface area contributed by atoms with Gasteiger partial charge in [0.25, 0.3) is 0 Å². The minimum atomic E-state index is -0.385. The summed E-state index contributed by atoms with van der Waals surface area (Å²) in [4.78, 5) is 29.1. The maximum Gasteiger partial charge on any atom is 0.236 e. The minimum absolute atomic E-state index is 0.338. The molecule has 2 aromatic rings. The van der Waals surface area contributed by atoms with Crippen LogP contribution in [-0.2, 0) is 0 Å². The molecule has 2 heterocycles. The number of nitrogens with zero attached hydrogens (tertiary/aromatic N) is 3. The lowest BCUT2D eigenvalue weighted by atomic mass is 10.0. The molecule has 1 fully saturated rings. The van der Waals surface area contributed by atoms with E-state index in [1.165, 1.54) is 24.3 Å². The first-order chi connectivity index (χ1) is 12.7. The van der Waals surface area contributed by atoms with Crippen LogP contribution in [-0.4, -0.2) is 23.9 Å². The topological polar surface area (TPSA) is 62.6 Å². The van der Waals surface area contributed by atoms with Crippen molar-refractivity contribution >= 4 is 17.3 Å². The van der Waals surface area contributed by atoms with Gasteiger partial charge in [-0.25, -0.2) is 9.37 Å². The van der Waals surface area contributed by atoms with Gasteiger partial charge < -0.3 is 4.90 Å². The Morgan fingerprint density at radius 3 is 2.62 bits per heavy atom. The van der Waals surface area contributed by atoms with Crippen LogP contribution in [0.2, 0.25) is 0 Å². The van der Waals surface area contributed by atoms with Crippen molar-refractivity contribution in [3.05, 3.63) is 70.5 Å². The molecule has 0 unspecified atom stereocenters. The van der Waals surface area contributed by atoms with Crippen molar-refractivity contribution in [1.29, 1.82) is 0 Å². The molecule has 3 rings (SSSR count). The number of Topliss-reactive ketones (excluding diaryl/α,β-unsaturated/α-hetero) is 1. The zero-order valence-electron chi connectivity index (χ0n) is 14.0. The lowest BCUT2D eigenvalue weighted by Gasteiger charge is -2.29. The maximum absolute atomic E-state index is 12.9. The number of rotatable bonds is 3. The molecule has 0 saturated carbocycles. The van der Waals surface area contributed by atoms with E-state index < -0.39 is 0 Å². The normalized spacial score (nSPS) is 13.6. The molecule has 130 valence electrons. The molecule has 1 aromatic heterocycles. The minimum Gasteiger partial charge on any atom is -0.354 e. The van der Waals surface area contributed by atoms with E-state index in [4.69, 9.17) is 0 Å². The van der Waals surface area contributed by atoms with Gasteiger partial charge in [-0.2, -0.15) is 0 Å². The highest BCUT2D eigenvalue weighted by Gasteiger charge is 2.18. The number of carbonyl (C=O) groups is 1. The smallest absolute Gasteiger partial charge is 0.236 e. The fraction of sp³-hybridized carbons (Fsp3) is 0.200. The third-order valence-corrected chi connectivity index (χ3v) is 4.14. The summed E-state index contributed by atoms with van der Waals surface area (Å²) in [5.41, 5.74) is 1.85. The second-order valence-electron chi connectivity index (χ2n) is 5.83. The first kappa shape index (κ1) is 17.5. The van der Waals surface area contributed by atoms with Crippen molar-refractivity contribution in [3.63, 3.8) is 0 Å². The van der Waals surface area contributed by atoms with Crippen molar-refractivity contribution in [1.82, 2.24) is 4.98 Å². The highest BCUT2D eigenvalue weighted by molar-refractivity contribution is 6.09. The zero-order chi connectivity index (χ0) is 18.4. The molecule has 6 heteroatoms. The monoisotopic (exact) mass is 349 g/mol. The van der Waals surface area contributed by atoms with Crippen LogP contribution in [0.3, 0.4) is 0 Å². The molecule has 0 spiro atoms. The molecule has 0 aliphatic carbocycles. The predicted octanol–water partition coefficient (Wildman–Crippen LogP) is 4.03. The average Bonchev–Trinajstić information content (AvgIpc) is 2.69. The van der Waals surface area contributed by atoms with Crippen LogP contribution >= 0.6 is 0 Å². The molecule has 0 N–H and O–H groups in total. The SMILES string of the molecule is O=Nc1cccnc1N1CCC(=CC#CC(=O)c2ccc(F)cc2)CC1. The van der Waals surface area contributed by atoms with Crippen molar-refractivity contribution in [3.8, 4) is 11.8 Å². The number of piperidine rings is 1. The van der Waals surface area contributed by atoms with E-state index in [9.17, 15) is 14.1 Å². The van der Waals surface area contributed by atoms with Crippen molar-refractivity contribution in [2.45, 2.75) is 12.8 Å². The van der Waals surface area contributed by atoms with Crippen LogP contribution in [0.25, 0.3) is 0 Å². The second kappa shape index (κ2) is 8.17. The highest BCUT2D eigenvalue weighted by Crippen LogP contribution is 2.28. The fourth-order valence-electron chi connectivity index (χ4n) is 2.73. The van der Waals surface area contributed by atoms with Gasteiger partial charge in [0.1, 0.15) is 11.5 Å². The summed E-state index contributed by atoms with van der Waals surface area (Å²) in [6.07, 6.45) is 4.94. The molecule has 5 nitrogen and oxygen atoms in total. The van der Waals surface area contributed by atoms with Gasteiger partial charge in [-0.1, -0.05) is 11.5 Å². The van der Waals surface area contributed by atoms with Gasteiger partial charge in [-0.3, -0.25) is 4.79 Å². The molecule has 0 radical (unpaired) electrons. The summed E-state index contributed by atoms with van der Waals surface area (Å²) >= 11 is 0. The molecule has 1 aliphatic rings. The van der Waals surface area contributed by atoms with Gasteiger partial charge in [-0.05, 0) is 66.4 Å². The Morgan fingerprint density at radius 1 is 1.19 bits per heavy atom. The quantitative estimate of drug-likeness (QED) is 0.363. The number of nitroso groups, excluding NO2 is 1. The molecule has 0 bridgehead atoms. The summed E-state index contributed by atoms with van der Waals surface area (Å²) in [5, 5.41) is 3.02. The van der Waals surface area contributed by atoms with Crippen LogP contribution in [0.15, 0.2) is 59.4 Å². The molecule has 1 aliphatic heterocycles. The summed E-state index contributed by atoms with van der Waals surface area (Å²) in [6.45, 7) is 1.41. The second-order valence-corrected chi connectivity index (χ2v) is 5.83. The lowest BCUT2D eigenvalue weighted by Crippen LogP contribution is -2.31. The highest BCUT2D eigenvalue weighted by atomic mass is 19.1. The van der Waals surface area contributed by atoms with Crippen LogP contribution in [0.1, 0.15) is 23.2 Å². The molecule has 0 atom stereocenters. The summed E-state index contributed by atoms with van der Waals surface area (Å²) < 4.78 is 12.9. The predicted molar refractivity (Wildman–Crippen MR) is 97.7 cm³/mol. The summed E-state index contributed by atoms with van der Waals surface area (Å²) in [5.74, 6) is 5.22. The Morgan fingerprint density at radius 2 is 1.92 bits per heavy atom. The summed E-state index contributed by atoms with van der Waals surface area (Å²) in [6, 6.07) is 8.65. The Labute approximate surface area is 150 Å². The third kappa shape index (κ3) is 4.19. The Bertz CT molecular complexity index is 901. The molecular formula is C20H16FN3O2. The van der Waals surface area contributed by atoms with E-state index in [0.29, 0.717) is 30.2 Å². The molecule has 0 amide bonds. The van der Waals surface area contributed by atoms with E-state index in [1.54, 1.807) is 24.4 Å². The van der Waals surface area contributed by atoms with Crippen molar-refractivity contribution in [2.75, 3.05) is 18.0 Å². The van der Waals surface area contributed by atoms with Crippen molar-refractivity contribution in [2.24, 2.45) is 5.18 Å². The number of aromatic nitrogens is 1. The van der Waals surface area contributed by atoms with Gasteiger partial charge in [-0.15, -0.1) is 4.91 Å². The number of hydrogen-bond acceptors (Lipinski definition) is 5. The van der Waals surface area contributed by atoms with Gasteiger partial charge in [0.05, 0.1) is 0 Å². The zero-order valence-corrected chi connectivity index (χ0v) is 14.0. The largest absolute Gasteiger partial charge is 0.354 e. The van der Waals surface area contributed by atoms with Gasteiger partial charge in [0.2, 0.25) is 5.78 Å². The van der Waals surface area contributed by atoms with Crippen LogP contribution in [0.5, 0.6) is 0 Å². The van der Waals surface area contributed by atoms with E-state index in [2.05, 4.69) is 22.0 Å². The maximum atomic E-state index is 12.9. The average molecular weight is 349 g/mol. The summed E-state index contributed by atoms with van der Waals surface area (Å²) in [7, 11) is 0. The van der Waals surface area contributed by atoms with Crippen LogP contribution in [0.4, 0.5) is 15.9 Å². The molecule has 1 aromatic carbocycles. The first-order valence-electron chi connectivity index (χ1n) is 8.20. The Kier molecular flexibility index (Phi) is 5.49. The number of halogens is 1. The van der Waals surface area contributed by atoms with Crippen molar-refractivity contribution < 1.29 is 9.18 Å². The van der Waals surface area contributed by atoms with Gasteiger partial charge >= 0.3 is 0 Å². The van der Waals surface area contributed by atoms with Crippen LogP contribution in [0, 0.1) is 22.6 Å². The van der Waals surface area contributed by atoms with Gasteiger partial charge in [0, 0.05) is 24.8 Å². The third-order valence-electron chi connectivity index (χ3n) is 4.14. The molecule has 1 saturated heterocycles. The number of pyridine rings is 1. The van der Waals surface area contributed by atoms with E-state index in [-0.39, 0.29) is 11.6 Å². The first-order valence-corrected chi connectivity index (χ1v) is 8.20. The standard InChI is InChI=1S/C20H16FN3O2/c21-17-8-6-16(7-9-17)19(25)5-1-3-15-10-13-24(14-11-15)20-18(23-26)4-2-12-22-20/h2-4,6-9,12H,10-11,13-14H2. The fourth-order valence-corrected chi connectivity index (χ4v) is 2.73. The van der Waals surface area contributed by atoms with E-state index in [1.807, 2.05) is 4.90 Å². The molecular weight excluding hydrogens is 333 g/mol. The number of allylic oxidation sites excluding steroid dienone is 1.